The van der Waals surface area contributed by atoms with E-state index in [-0.39, 0.29) is 0 Å². The maximum atomic E-state index is 3.00. The van der Waals surface area contributed by atoms with Gasteiger partial charge in [0.15, 0.2) is 0 Å². The Balaban J connectivity index is 0.000000396. The van der Waals surface area contributed by atoms with Gasteiger partial charge in [-0.1, -0.05) is 27.2 Å². The molecule has 76 valence electrons. The fourth-order valence-electron chi connectivity index (χ4n) is 3.10. The first-order valence-corrected chi connectivity index (χ1v) is 5.60. The highest BCUT2D eigenvalue weighted by atomic mass is 14.5. The third kappa shape index (κ3) is 1.82. The van der Waals surface area contributed by atoms with Crippen molar-refractivity contribution < 1.29 is 0 Å². The van der Waals surface area contributed by atoms with Crippen molar-refractivity contribution in [2.24, 2.45) is 23.2 Å². The van der Waals surface area contributed by atoms with Crippen LogP contribution in [0.25, 0.3) is 0 Å². The summed E-state index contributed by atoms with van der Waals surface area (Å²) in [5, 5.41) is 0. The number of fused-ring (bicyclic) bond motifs is 3. The van der Waals surface area contributed by atoms with E-state index in [0.29, 0.717) is 5.41 Å². The molecule has 3 saturated carbocycles. The summed E-state index contributed by atoms with van der Waals surface area (Å²) in [5.74, 6) is 3.13. The Kier molecular flexibility index (Phi) is 3.21. The maximum Gasteiger partial charge on any atom is -0.0297 e. The Bertz CT molecular complexity index is 169. The molecule has 0 saturated heterocycles. The van der Waals surface area contributed by atoms with Gasteiger partial charge in [0.1, 0.15) is 0 Å². The molecule has 0 amide bonds. The molecule has 0 aromatic heterocycles. The Labute approximate surface area is 83.4 Å². The summed E-state index contributed by atoms with van der Waals surface area (Å²) in [4.78, 5) is 0. The molecule has 0 heteroatoms. The SMILES string of the molecule is C=C.C[C@@H]1CCC2CC(C1)C2(C)C. The average molecular weight is 180 g/mol. The molecule has 2 bridgehead atoms. The monoisotopic (exact) mass is 180 g/mol. The molecule has 0 aromatic carbocycles. The summed E-state index contributed by atoms with van der Waals surface area (Å²) in [5.41, 5.74) is 0.699. The normalized spacial score (nSPS) is 40.7. The second kappa shape index (κ2) is 3.86. The van der Waals surface area contributed by atoms with Crippen LogP contribution >= 0.6 is 0 Å². The zero-order valence-electron chi connectivity index (χ0n) is 9.47. The molecule has 0 aliphatic heterocycles. The predicted molar refractivity (Wildman–Crippen MR) is 59.6 cm³/mol. The molecule has 0 aromatic rings. The minimum Gasteiger partial charge on any atom is -0.106 e. The fourth-order valence-corrected chi connectivity index (χ4v) is 3.10. The standard InChI is InChI=1S/C11H20.C2H4/c1-8-4-5-9-7-10(6-8)11(9,2)3;1-2/h8-10H,4-7H2,1-3H3;1-2H2/t8-,9?,10?;/m1./s1. The molecule has 13 heavy (non-hydrogen) atoms. The van der Waals surface area contributed by atoms with Gasteiger partial charge < -0.3 is 0 Å². The summed E-state index contributed by atoms with van der Waals surface area (Å²) in [7, 11) is 0. The van der Waals surface area contributed by atoms with Gasteiger partial charge in [-0.3, -0.25) is 0 Å². The van der Waals surface area contributed by atoms with E-state index in [1.54, 1.807) is 0 Å². The lowest BCUT2D eigenvalue weighted by Crippen LogP contribution is -2.43. The van der Waals surface area contributed by atoms with E-state index in [2.05, 4.69) is 33.9 Å². The Morgan fingerprint density at radius 3 is 2.15 bits per heavy atom. The van der Waals surface area contributed by atoms with Crippen LogP contribution in [0.15, 0.2) is 13.2 Å². The molecule has 0 radical (unpaired) electrons. The van der Waals surface area contributed by atoms with E-state index >= 15 is 0 Å². The first-order chi connectivity index (χ1) is 6.10. The van der Waals surface area contributed by atoms with Crippen LogP contribution in [0.3, 0.4) is 0 Å². The fraction of sp³-hybridized carbons (Fsp3) is 0.846. The Morgan fingerprint density at radius 1 is 1.00 bits per heavy atom. The predicted octanol–water partition coefficient (Wildman–Crippen LogP) is 4.27. The van der Waals surface area contributed by atoms with Gasteiger partial charge in [-0.15, -0.1) is 13.2 Å². The lowest BCUT2D eigenvalue weighted by atomic mass is 9.54. The molecular formula is C13H24. The topological polar surface area (TPSA) is 0 Å². The second-order valence-electron chi connectivity index (χ2n) is 5.37. The van der Waals surface area contributed by atoms with E-state index in [4.69, 9.17) is 0 Å². The first-order valence-electron chi connectivity index (χ1n) is 5.60. The van der Waals surface area contributed by atoms with Crippen LogP contribution < -0.4 is 0 Å². The molecule has 0 nitrogen and oxygen atoms in total. The molecule has 3 fully saturated rings. The molecule has 3 aliphatic rings. The third-order valence-electron chi connectivity index (χ3n) is 4.37. The minimum atomic E-state index is 0.699. The average Bonchev–Trinajstić information content (AvgIpc) is 2.37. The first kappa shape index (κ1) is 10.8. The molecular weight excluding hydrogens is 156 g/mol. The zero-order chi connectivity index (χ0) is 10.1. The highest BCUT2D eigenvalue weighted by Gasteiger charge is 2.49. The highest BCUT2D eigenvalue weighted by Crippen LogP contribution is 2.58. The Hall–Kier alpha value is -0.260. The number of hydrogen-bond donors (Lipinski definition) is 0. The van der Waals surface area contributed by atoms with Crippen molar-refractivity contribution in [1.82, 2.24) is 0 Å². The van der Waals surface area contributed by atoms with Crippen molar-refractivity contribution in [2.45, 2.75) is 46.5 Å². The molecule has 2 unspecified atom stereocenters. The number of rotatable bonds is 0. The smallest absolute Gasteiger partial charge is 0.0297 e. The van der Waals surface area contributed by atoms with Crippen LogP contribution in [0, 0.1) is 23.2 Å². The van der Waals surface area contributed by atoms with Crippen molar-refractivity contribution >= 4 is 0 Å². The van der Waals surface area contributed by atoms with Crippen LogP contribution in [0.2, 0.25) is 0 Å². The summed E-state index contributed by atoms with van der Waals surface area (Å²) in [6.45, 7) is 13.4. The molecule has 0 heterocycles. The van der Waals surface area contributed by atoms with Crippen molar-refractivity contribution in [3.63, 3.8) is 0 Å². The summed E-state index contributed by atoms with van der Waals surface area (Å²) < 4.78 is 0. The van der Waals surface area contributed by atoms with E-state index in [9.17, 15) is 0 Å². The van der Waals surface area contributed by atoms with Crippen LogP contribution in [0.4, 0.5) is 0 Å². The lowest BCUT2D eigenvalue weighted by molar-refractivity contribution is -0.0170. The highest BCUT2D eigenvalue weighted by molar-refractivity contribution is 4.98. The van der Waals surface area contributed by atoms with Crippen LogP contribution in [0.1, 0.15) is 46.5 Å². The quantitative estimate of drug-likeness (QED) is 0.488. The maximum absolute atomic E-state index is 3.00. The summed E-state index contributed by atoms with van der Waals surface area (Å²) in [6.07, 6.45) is 6.04. The van der Waals surface area contributed by atoms with Crippen molar-refractivity contribution in [2.75, 3.05) is 0 Å². The van der Waals surface area contributed by atoms with E-state index in [0.717, 1.165) is 17.8 Å². The minimum absolute atomic E-state index is 0.699. The second-order valence-corrected chi connectivity index (χ2v) is 5.37. The van der Waals surface area contributed by atoms with Gasteiger partial charge in [0.2, 0.25) is 0 Å². The molecule has 3 rings (SSSR count). The van der Waals surface area contributed by atoms with Gasteiger partial charge in [0, 0.05) is 0 Å². The van der Waals surface area contributed by atoms with Crippen LogP contribution in [-0.2, 0) is 0 Å². The summed E-state index contributed by atoms with van der Waals surface area (Å²) >= 11 is 0. The third-order valence-corrected chi connectivity index (χ3v) is 4.37. The van der Waals surface area contributed by atoms with E-state index in [1.807, 2.05) is 0 Å². The zero-order valence-corrected chi connectivity index (χ0v) is 9.47. The van der Waals surface area contributed by atoms with Crippen molar-refractivity contribution in [3.8, 4) is 0 Å². The van der Waals surface area contributed by atoms with Gasteiger partial charge in [-0.2, -0.15) is 0 Å². The molecule has 0 N–H and O–H groups in total. The van der Waals surface area contributed by atoms with Gasteiger partial charge in [0.05, 0.1) is 0 Å². The van der Waals surface area contributed by atoms with Crippen LogP contribution in [0.5, 0.6) is 0 Å². The van der Waals surface area contributed by atoms with Gasteiger partial charge >= 0.3 is 0 Å². The summed E-state index contributed by atoms with van der Waals surface area (Å²) in [6, 6.07) is 0. The van der Waals surface area contributed by atoms with Gasteiger partial charge in [-0.05, 0) is 42.4 Å². The lowest BCUT2D eigenvalue weighted by Gasteiger charge is -2.51. The van der Waals surface area contributed by atoms with Crippen molar-refractivity contribution in [1.29, 1.82) is 0 Å². The molecule has 0 spiro atoms. The molecule has 3 atom stereocenters. The van der Waals surface area contributed by atoms with Gasteiger partial charge in [0.25, 0.3) is 0 Å². The number of hydrogen-bond acceptors (Lipinski definition) is 0. The van der Waals surface area contributed by atoms with E-state index < -0.39 is 0 Å². The van der Waals surface area contributed by atoms with Gasteiger partial charge in [-0.25, -0.2) is 0 Å². The van der Waals surface area contributed by atoms with Crippen LogP contribution in [-0.4, -0.2) is 0 Å². The Morgan fingerprint density at radius 2 is 1.62 bits per heavy atom. The molecule has 3 aliphatic carbocycles. The van der Waals surface area contributed by atoms with Crippen molar-refractivity contribution in [3.05, 3.63) is 13.2 Å². The van der Waals surface area contributed by atoms with E-state index in [1.165, 1.54) is 25.7 Å². The largest absolute Gasteiger partial charge is 0.106 e.